The van der Waals surface area contributed by atoms with E-state index in [4.69, 9.17) is 4.74 Å². The number of aliphatic hydroxyl groups excluding tert-OH is 1. The Labute approximate surface area is 145 Å². The Morgan fingerprint density at radius 1 is 1.33 bits per heavy atom. The van der Waals surface area contributed by atoms with Crippen molar-refractivity contribution in [3.8, 4) is 5.75 Å². The maximum atomic E-state index is 11.2. The second-order valence-electron chi connectivity index (χ2n) is 5.89. The van der Waals surface area contributed by atoms with E-state index in [-0.39, 0.29) is 12.4 Å². The highest BCUT2D eigenvalue weighted by Gasteiger charge is 2.12. The molecule has 7 nitrogen and oxygen atoms in total. The summed E-state index contributed by atoms with van der Waals surface area (Å²) in [4.78, 5) is 11.2. The second kappa shape index (κ2) is 8.79. The van der Waals surface area contributed by atoms with Crippen molar-refractivity contribution in [3.05, 3.63) is 29.8 Å². The zero-order valence-electron chi connectivity index (χ0n) is 14.0. The fraction of sp³-hybridized carbons (Fsp3) is 0.500. The predicted octanol–water partition coefficient (Wildman–Crippen LogP) is 2.06. The fourth-order valence-corrected chi connectivity index (χ4v) is 2.75. The van der Waals surface area contributed by atoms with E-state index in [0.717, 1.165) is 6.54 Å². The molecule has 2 aromatic rings. The van der Waals surface area contributed by atoms with E-state index >= 15 is 0 Å². The minimum Gasteiger partial charge on any atom is -0.491 e. The van der Waals surface area contributed by atoms with Crippen LogP contribution in [0.5, 0.6) is 5.75 Å². The van der Waals surface area contributed by atoms with Crippen LogP contribution in [0.3, 0.4) is 0 Å². The molecule has 1 heterocycles. The molecule has 0 unspecified atom stereocenters. The smallest absolute Gasteiger partial charge is 0.209 e. The van der Waals surface area contributed by atoms with Crippen molar-refractivity contribution in [2.75, 3.05) is 12.4 Å². The number of carbonyl (C=O) groups is 1. The predicted molar refractivity (Wildman–Crippen MR) is 91.3 cm³/mol. The number of nitrogens with zero attached hydrogens (tertiary/aromatic N) is 4. The van der Waals surface area contributed by atoms with Crippen molar-refractivity contribution in [2.45, 2.75) is 38.6 Å². The Bertz CT molecular complexity index is 658. The van der Waals surface area contributed by atoms with Crippen molar-refractivity contribution in [2.24, 2.45) is 5.92 Å². The molecule has 2 rings (SSSR count). The molecule has 0 saturated heterocycles. The van der Waals surface area contributed by atoms with Gasteiger partial charge in [-0.15, -0.1) is 5.10 Å². The quantitative estimate of drug-likeness (QED) is 0.547. The Balaban J connectivity index is 1.78. The van der Waals surface area contributed by atoms with Crippen LogP contribution in [-0.2, 0) is 6.54 Å². The third-order valence-electron chi connectivity index (χ3n) is 3.15. The van der Waals surface area contributed by atoms with Crippen molar-refractivity contribution in [1.82, 2.24) is 20.2 Å². The summed E-state index contributed by atoms with van der Waals surface area (Å²) in [6.07, 6.45) is -0.647. The number of benzene rings is 1. The first-order valence-electron chi connectivity index (χ1n) is 7.76. The summed E-state index contributed by atoms with van der Waals surface area (Å²) in [7, 11) is 0. The van der Waals surface area contributed by atoms with E-state index in [1.165, 1.54) is 18.7 Å². The van der Waals surface area contributed by atoms with Crippen LogP contribution >= 0.6 is 11.8 Å². The minimum absolute atomic E-state index is 0.0112. The zero-order chi connectivity index (χ0) is 17.5. The number of aliphatic hydroxyl groups is 1. The number of hydrogen-bond acceptors (Lipinski definition) is 7. The number of carbonyl (C=O) groups excluding carboxylic acids is 1. The molecule has 1 aromatic carbocycles. The number of rotatable bonds is 9. The average Bonchev–Trinajstić information content (AvgIpc) is 2.97. The van der Waals surface area contributed by atoms with Gasteiger partial charge in [-0.25, -0.2) is 4.68 Å². The van der Waals surface area contributed by atoms with Gasteiger partial charge < -0.3 is 9.84 Å². The van der Waals surface area contributed by atoms with E-state index < -0.39 is 6.10 Å². The van der Waals surface area contributed by atoms with E-state index in [1.54, 1.807) is 28.9 Å². The summed E-state index contributed by atoms with van der Waals surface area (Å²) >= 11 is 1.40. The summed E-state index contributed by atoms with van der Waals surface area (Å²) in [6.45, 7) is 6.61. The monoisotopic (exact) mass is 350 g/mol. The van der Waals surface area contributed by atoms with Gasteiger partial charge in [0.2, 0.25) is 5.16 Å². The lowest BCUT2D eigenvalue weighted by Crippen LogP contribution is -2.20. The van der Waals surface area contributed by atoms with Crippen LogP contribution in [0, 0.1) is 5.92 Å². The van der Waals surface area contributed by atoms with E-state index in [2.05, 4.69) is 29.4 Å². The molecule has 0 fully saturated rings. The molecular formula is C16H22N4O3S. The van der Waals surface area contributed by atoms with Gasteiger partial charge in [-0.1, -0.05) is 25.6 Å². The number of Topliss-reactive ketones (excluding diaryl/α,β-unsaturated/α-hetero) is 1. The first-order chi connectivity index (χ1) is 11.5. The van der Waals surface area contributed by atoms with Gasteiger partial charge in [0.05, 0.1) is 6.10 Å². The Hall–Kier alpha value is -1.93. The largest absolute Gasteiger partial charge is 0.491 e. The minimum atomic E-state index is -0.647. The van der Waals surface area contributed by atoms with E-state index in [0.29, 0.717) is 28.1 Å². The zero-order valence-corrected chi connectivity index (χ0v) is 14.9. The van der Waals surface area contributed by atoms with Crippen molar-refractivity contribution in [1.29, 1.82) is 0 Å². The molecule has 0 spiro atoms. The first kappa shape index (κ1) is 18.4. The average molecular weight is 350 g/mol. The Morgan fingerprint density at radius 3 is 2.67 bits per heavy atom. The lowest BCUT2D eigenvalue weighted by atomic mass is 10.1. The summed E-state index contributed by atoms with van der Waals surface area (Å²) in [5.74, 6) is 1.51. The number of tetrazole rings is 1. The first-order valence-corrected chi connectivity index (χ1v) is 8.75. The second-order valence-corrected chi connectivity index (χ2v) is 6.88. The molecule has 130 valence electrons. The van der Waals surface area contributed by atoms with Gasteiger partial charge in [0.25, 0.3) is 0 Å². The maximum absolute atomic E-state index is 11.2. The Morgan fingerprint density at radius 2 is 2.04 bits per heavy atom. The molecule has 1 N–H and O–H groups in total. The molecule has 1 aromatic heterocycles. The summed E-state index contributed by atoms with van der Waals surface area (Å²) in [5, 5.41) is 22.3. The molecule has 0 amide bonds. The highest BCUT2D eigenvalue weighted by atomic mass is 32.2. The molecule has 0 aliphatic carbocycles. The van der Waals surface area contributed by atoms with E-state index in [1.807, 2.05) is 0 Å². The van der Waals surface area contributed by atoms with Gasteiger partial charge in [0, 0.05) is 17.9 Å². The number of aromatic nitrogens is 4. The number of ether oxygens (including phenoxy) is 1. The van der Waals surface area contributed by atoms with Gasteiger partial charge in [0.1, 0.15) is 12.4 Å². The van der Waals surface area contributed by atoms with Crippen LogP contribution < -0.4 is 4.74 Å². The molecule has 0 aliphatic rings. The lowest BCUT2D eigenvalue weighted by molar-refractivity contribution is 0.101. The van der Waals surface area contributed by atoms with Crippen LogP contribution in [0.15, 0.2) is 29.4 Å². The number of thioether (sulfide) groups is 1. The van der Waals surface area contributed by atoms with Crippen LogP contribution in [0.2, 0.25) is 0 Å². The molecule has 8 heteroatoms. The SMILES string of the molecule is CC(=O)c1ccc(OC[C@@H](O)CSc2nnnn2CC(C)C)cc1. The summed E-state index contributed by atoms with van der Waals surface area (Å²) < 4.78 is 7.27. The van der Waals surface area contributed by atoms with Crippen LogP contribution in [-0.4, -0.2) is 49.6 Å². The highest BCUT2D eigenvalue weighted by Crippen LogP contribution is 2.17. The summed E-state index contributed by atoms with van der Waals surface area (Å²) in [5.41, 5.74) is 0.635. The normalized spacial score (nSPS) is 12.4. The van der Waals surface area contributed by atoms with Gasteiger partial charge in [-0.2, -0.15) is 0 Å². The molecule has 24 heavy (non-hydrogen) atoms. The maximum Gasteiger partial charge on any atom is 0.209 e. The highest BCUT2D eigenvalue weighted by molar-refractivity contribution is 7.99. The topological polar surface area (TPSA) is 90.1 Å². The fourth-order valence-electron chi connectivity index (χ4n) is 1.96. The third kappa shape index (κ3) is 5.61. The molecule has 1 atom stereocenters. The van der Waals surface area contributed by atoms with Gasteiger partial charge in [-0.3, -0.25) is 4.79 Å². The molecule has 0 saturated carbocycles. The van der Waals surface area contributed by atoms with Gasteiger partial charge in [-0.05, 0) is 47.5 Å². The van der Waals surface area contributed by atoms with Gasteiger partial charge >= 0.3 is 0 Å². The number of ketones is 1. The van der Waals surface area contributed by atoms with Crippen molar-refractivity contribution in [3.63, 3.8) is 0 Å². The standard InChI is InChI=1S/C16H22N4O3S/c1-11(2)8-20-16(17-18-19-20)24-10-14(22)9-23-15-6-4-13(5-7-15)12(3)21/h4-7,11,14,22H,8-10H2,1-3H3/t14-/m1/s1. The van der Waals surface area contributed by atoms with Crippen molar-refractivity contribution >= 4 is 17.5 Å². The molecule has 0 bridgehead atoms. The van der Waals surface area contributed by atoms with Crippen LogP contribution in [0.4, 0.5) is 0 Å². The Kier molecular flexibility index (Phi) is 6.74. The molecule has 0 aliphatic heterocycles. The molecular weight excluding hydrogens is 328 g/mol. The van der Waals surface area contributed by atoms with Gasteiger partial charge in [0.15, 0.2) is 5.78 Å². The van der Waals surface area contributed by atoms with Crippen LogP contribution in [0.25, 0.3) is 0 Å². The number of hydrogen-bond donors (Lipinski definition) is 1. The van der Waals surface area contributed by atoms with Crippen molar-refractivity contribution < 1.29 is 14.6 Å². The van der Waals surface area contributed by atoms with E-state index in [9.17, 15) is 9.90 Å². The van der Waals surface area contributed by atoms with Crippen LogP contribution in [0.1, 0.15) is 31.1 Å². The lowest BCUT2D eigenvalue weighted by Gasteiger charge is -2.12. The third-order valence-corrected chi connectivity index (χ3v) is 4.25. The summed E-state index contributed by atoms with van der Waals surface area (Å²) in [6, 6.07) is 6.86. The molecule has 0 radical (unpaired) electrons.